The van der Waals surface area contributed by atoms with Crippen molar-refractivity contribution in [1.29, 1.82) is 0 Å². The van der Waals surface area contributed by atoms with Crippen molar-refractivity contribution in [2.45, 2.75) is 20.4 Å². The number of hydrogen-bond acceptors (Lipinski definition) is 2. The Kier molecular flexibility index (Phi) is 3.69. The lowest BCUT2D eigenvalue weighted by Gasteiger charge is -2.09. The maximum absolute atomic E-state index is 6.10. The van der Waals surface area contributed by atoms with Gasteiger partial charge in [0, 0.05) is 12.7 Å². The molecule has 0 spiro atoms. The molecule has 0 bridgehead atoms. The van der Waals surface area contributed by atoms with E-state index in [9.17, 15) is 0 Å². The molecular formula is C13H16ClN3. The van der Waals surface area contributed by atoms with E-state index in [2.05, 4.69) is 23.4 Å². The molecule has 1 aromatic heterocycles. The van der Waals surface area contributed by atoms with Crippen molar-refractivity contribution < 1.29 is 0 Å². The first-order valence-corrected chi connectivity index (χ1v) is 6.02. The van der Waals surface area contributed by atoms with Gasteiger partial charge in [0.25, 0.3) is 0 Å². The molecule has 90 valence electrons. The van der Waals surface area contributed by atoms with Crippen molar-refractivity contribution >= 4 is 17.3 Å². The molecule has 2 rings (SSSR count). The van der Waals surface area contributed by atoms with Crippen LogP contribution in [0.15, 0.2) is 30.6 Å². The lowest BCUT2D eigenvalue weighted by atomic mass is 10.2. The van der Waals surface area contributed by atoms with Crippen molar-refractivity contribution in [2.75, 3.05) is 11.9 Å². The smallest absolute Gasteiger partial charge is 0.0637 e. The minimum Gasteiger partial charge on any atom is -0.382 e. The molecule has 0 aliphatic carbocycles. The Bertz CT molecular complexity index is 505. The van der Waals surface area contributed by atoms with E-state index >= 15 is 0 Å². The van der Waals surface area contributed by atoms with Gasteiger partial charge in [-0.05, 0) is 37.1 Å². The SMILES string of the molecule is Cc1ccc(Cl)c(NCCn2cc(C)cn2)c1. The normalized spacial score (nSPS) is 10.5. The second-order valence-corrected chi connectivity index (χ2v) is 4.60. The number of nitrogens with zero attached hydrogens (tertiary/aromatic N) is 2. The monoisotopic (exact) mass is 249 g/mol. The first-order chi connectivity index (χ1) is 8.15. The summed E-state index contributed by atoms with van der Waals surface area (Å²) in [5.74, 6) is 0. The number of hydrogen-bond donors (Lipinski definition) is 1. The summed E-state index contributed by atoms with van der Waals surface area (Å²) in [6, 6.07) is 5.97. The van der Waals surface area contributed by atoms with Gasteiger partial charge in [-0.15, -0.1) is 0 Å². The van der Waals surface area contributed by atoms with Crippen LogP contribution in [0, 0.1) is 13.8 Å². The number of aryl methyl sites for hydroxylation is 2. The number of halogens is 1. The van der Waals surface area contributed by atoms with Gasteiger partial charge in [-0.3, -0.25) is 4.68 Å². The fraction of sp³-hybridized carbons (Fsp3) is 0.308. The zero-order valence-corrected chi connectivity index (χ0v) is 10.8. The van der Waals surface area contributed by atoms with Crippen LogP contribution in [0.1, 0.15) is 11.1 Å². The van der Waals surface area contributed by atoms with Crippen LogP contribution in [0.5, 0.6) is 0 Å². The molecular weight excluding hydrogens is 234 g/mol. The average Bonchev–Trinajstić information content (AvgIpc) is 2.69. The second kappa shape index (κ2) is 5.23. The van der Waals surface area contributed by atoms with Crippen molar-refractivity contribution in [3.8, 4) is 0 Å². The van der Waals surface area contributed by atoms with Crippen LogP contribution in [-0.4, -0.2) is 16.3 Å². The van der Waals surface area contributed by atoms with Crippen LogP contribution in [0.25, 0.3) is 0 Å². The van der Waals surface area contributed by atoms with Gasteiger partial charge in [0.2, 0.25) is 0 Å². The van der Waals surface area contributed by atoms with Gasteiger partial charge >= 0.3 is 0 Å². The molecule has 1 heterocycles. The Hall–Kier alpha value is -1.48. The molecule has 2 aromatic rings. The van der Waals surface area contributed by atoms with E-state index in [1.54, 1.807) is 0 Å². The summed E-state index contributed by atoms with van der Waals surface area (Å²) < 4.78 is 1.92. The van der Waals surface area contributed by atoms with Crippen molar-refractivity contribution in [3.05, 3.63) is 46.7 Å². The third kappa shape index (κ3) is 3.24. The van der Waals surface area contributed by atoms with Gasteiger partial charge in [0.15, 0.2) is 0 Å². The predicted molar refractivity (Wildman–Crippen MR) is 71.6 cm³/mol. The summed E-state index contributed by atoms with van der Waals surface area (Å²) in [4.78, 5) is 0. The summed E-state index contributed by atoms with van der Waals surface area (Å²) in [5, 5.41) is 8.31. The highest BCUT2D eigenvalue weighted by atomic mass is 35.5. The van der Waals surface area contributed by atoms with Crippen LogP contribution in [0.2, 0.25) is 5.02 Å². The molecule has 1 N–H and O–H groups in total. The van der Waals surface area contributed by atoms with E-state index < -0.39 is 0 Å². The average molecular weight is 250 g/mol. The third-order valence-corrected chi connectivity index (χ3v) is 2.87. The van der Waals surface area contributed by atoms with Crippen LogP contribution in [0.4, 0.5) is 5.69 Å². The summed E-state index contributed by atoms with van der Waals surface area (Å²) in [6.07, 6.45) is 3.89. The Morgan fingerprint density at radius 1 is 1.29 bits per heavy atom. The topological polar surface area (TPSA) is 29.9 Å². The highest BCUT2D eigenvalue weighted by Gasteiger charge is 2.00. The van der Waals surface area contributed by atoms with Gasteiger partial charge in [-0.25, -0.2) is 0 Å². The molecule has 0 aliphatic rings. The van der Waals surface area contributed by atoms with E-state index in [1.807, 2.05) is 36.1 Å². The first kappa shape index (κ1) is 12.0. The summed E-state index contributed by atoms with van der Waals surface area (Å²) in [6.45, 7) is 5.73. The van der Waals surface area contributed by atoms with Crippen LogP contribution in [-0.2, 0) is 6.54 Å². The van der Waals surface area contributed by atoms with Crippen LogP contribution < -0.4 is 5.32 Å². The summed E-state index contributed by atoms with van der Waals surface area (Å²) in [5.41, 5.74) is 3.36. The van der Waals surface area contributed by atoms with Gasteiger partial charge in [0.1, 0.15) is 0 Å². The number of benzene rings is 1. The Balaban J connectivity index is 1.91. The Labute approximate surface area is 106 Å². The summed E-state index contributed by atoms with van der Waals surface area (Å²) in [7, 11) is 0. The second-order valence-electron chi connectivity index (χ2n) is 4.19. The molecule has 4 heteroatoms. The van der Waals surface area contributed by atoms with E-state index in [0.717, 1.165) is 23.8 Å². The molecule has 0 radical (unpaired) electrons. The minimum absolute atomic E-state index is 0.757. The highest BCUT2D eigenvalue weighted by Crippen LogP contribution is 2.22. The van der Waals surface area contributed by atoms with Crippen molar-refractivity contribution in [1.82, 2.24) is 9.78 Å². The lowest BCUT2D eigenvalue weighted by molar-refractivity contribution is 0.637. The standard InChI is InChI=1S/C13H16ClN3/c1-10-3-4-12(14)13(7-10)15-5-6-17-9-11(2)8-16-17/h3-4,7-9,15H,5-6H2,1-2H3. The Morgan fingerprint density at radius 2 is 2.12 bits per heavy atom. The van der Waals surface area contributed by atoms with E-state index in [-0.39, 0.29) is 0 Å². The van der Waals surface area contributed by atoms with Crippen molar-refractivity contribution in [3.63, 3.8) is 0 Å². The Morgan fingerprint density at radius 3 is 2.82 bits per heavy atom. The van der Waals surface area contributed by atoms with Gasteiger partial charge in [-0.1, -0.05) is 17.7 Å². The zero-order valence-electron chi connectivity index (χ0n) is 10.1. The fourth-order valence-electron chi connectivity index (χ4n) is 1.67. The van der Waals surface area contributed by atoms with E-state index in [1.165, 1.54) is 11.1 Å². The van der Waals surface area contributed by atoms with Crippen LogP contribution >= 0.6 is 11.6 Å². The number of anilines is 1. The molecule has 3 nitrogen and oxygen atoms in total. The zero-order chi connectivity index (χ0) is 12.3. The van der Waals surface area contributed by atoms with E-state index in [0.29, 0.717) is 0 Å². The maximum atomic E-state index is 6.10. The van der Waals surface area contributed by atoms with Gasteiger partial charge in [0.05, 0.1) is 23.5 Å². The minimum atomic E-state index is 0.757. The molecule has 0 saturated carbocycles. The lowest BCUT2D eigenvalue weighted by Crippen LogP contribution is -2.11. The largest absolute Gasteiger partial charge is 0.382 e. The molecule has 1 aromatic carbocycles. The molecule has 0 unspecified atom stereocenters. The molecule has 0 aliphatic heterocycles. The molecule has 0 fully saturated rings. The summed E-state index contributed by atoms with van der Waals surface area (Å²) >= 11 is 6.10. The quantitative estimate of drug-likeness (QED) is 0.901. The molecule has 0 saturated heterocycles. The third-order valence-electron chi connectivity index (χ3n) is 2.54. The van der Waals surface area contributed by atoms with E-state index in [4.69, 9.17) is 11.6 Å². The van der Waals surface area contributed by atoms with Gasteiger partial charge in [-0.2, -0.15) is 5.10 Å². The molecule has 17 heavy (non-hydrogen) atoms. The molecule has 0 atom stereocenters. The molecule has 0 amide bonds. The number of rotatable bonds is 4. The van der Waals surface area contributed by atoms with Gasteiger partial charge < -0.3 is 5.32 Å². The first-order valence-electron chi connectivity index (χ1n) is 5.64. The number of aromatic nitrogens is 2. The maximum Gasteiger partial charge on any atom is 0.0637 e. The predicted octanol–water partition coefficient (Wildman–Crippen LogP) is 3.27. The van der Waals surface area contributed by atoms with Crippen molar-refractivity contribution in [2.24, 2.45) is 0 Å². The van der Waals surface area contributed by atoms with Crippen LogP contribution in [0.3, 0.4) is 0 Å². The number of nitrogens with one attached hydrogen (secondary N) is 1. The fourth-order valence-corrected chi connectivity index (χ4v) is 1.85. The highest BCUT2D eigenvalue weighted by molar-refractivity contribution is 6.33.